The molecule has 3 aliphatic heterocycles. The Labute approximate surface area is 169 Å². The summed E-state index contributed by atoms with van der Waals surface area (Å²) in [6, 6.07) is 18.9. The average molecular weight is 389 g/mol. The van der Waals surface area contributed by atoms with E-state index in [0.29, 0.717) is 31.9 Å². The van der Waals surface area contributed by atoms with E-state index in [0.717, 1.165) is 23.9 Å². The zero-order valence-corrected chi connectivity index (χ0v) is 16.2. The Morgan fingerprint density at radius 3 is 2.52 bits per heavy atom. The van der Waals surface area contributed by atoms with Crippen molar-refractivity contribution in [3.05, 3.63) is 60.2 Å². The monoisotopic (exact) mass is 389 g/mol. The molecule has 2 unspecified atom stereocenters. The van der Waals surface area contributed by atoms with Crippen LogP contribution in [-0.2, 0) is 9.53 Å². The van der Waals surface area contributed by atoms with Crippen molar-refractivity contribution in [1.29, 1.82) is 0 Å². The summed E-state index contributed by atoms with van der Waals surface area (Å²) in [7, 11) is 0. The molecule has 3 fully saturated rings. The van der Waals surface area contributed by atoms with E-state index in [-0.39, 0.29) is 18.2 Å². The van der Waals surface area contributed by atoms with Crippen molar-refractivity contribution < 1.29 is 13.9 Å². The van der Waals surface area contributed by atoms with E-state index in [1.807, 2.05) is 47.4 Å². The number of piperidine rings is 1. The second-order valence-electron chi connectivity index (χ2n) is 8.23. The lowest BCUT2D eigenvalue weighted by molar-refractivity contribution is -0.140. The summed E-state index contributed by atoms with van der Waals surface area (Å²) in [5.74, 6) is 0.158. The Morgan fingerprint density at radius 1 is 0.966 bits per heavy atom. The molecular weight excluding hydrogens is 366 g/mol. The highest BCUT2D eigenvalue weighted by Gasteiger charge is 2.58. The van der Waals surface area contributed by atoms with Crippen molar-refractivity contribution in [3.8, 4) is 0 Å². The van der Waals surface area contributed by atoms with E-state index in [1.54, 1.807) is 0 Å². The van der Waals surface area contributed by atoms with Gasteiger partial charge in [0.05, 0.1) is 6.04 Å². The van der Waals surface area contributed by atoms with Gasteiger partial charge < -0.3 is 19.0 Å². The molecule has 6 nitrogen and oxygen atoms in total. The highest BCUT2D eigenvalue weighted by Crippen LogP contribution is 2.47. The number of oxazole rings is 1. The van der Waals surface area contributed by atoms with E-state index in [4.69, 9.17) is 9.15 Å². The molecule has 29 heavy (non-hydrogen) atoms. The smallest absolute Gasteiger partial charge is 0.298 e. The molecular formula is C23H23N3O3. The molecule has 148 valence electrons. The number of hydrogen-bond donors (Lipinski definition) is 0. The molecule has 0 radical (unpaired) electrons. The third kappa shape index (κ3) is 2.59. The summed E-state index contributed by atoms with van der Waals surface area (Å²) in [5, 5.41) is 0. The number of anilines is 1. The maximum absolute atomic E-state index is 13.5. The molecule has 0 bridgehead atoms. The van der Waals surface area contributed by atoms with Gasteiger partial charge in [-0.3, -0.25) is 4.79 Å². The van der Waals surface area contributed by atoms with Crippen LogP contribution in [0.5, 0.6) is 0 Å². The van der Waals surface area contributed by atoms with E-state index in [9.17, 15) is 4.79 Å². The maximum atomic E-state index is 13.5. The SMILES string of the molecule is O=C1N2C(CCC2c2ccccc2)OC12CCN(c1nc3ccccc3o1)CC2. The Balaban J connectivity index is 1.21. The second kappa shape index (κ2) is 6.32. The molecule has 3 aliphatic rings. The average Bonchev–Trinajstić information content (AvgIpc) is 3.44. The van der Waals surface area contributed by atoms with E-state index in [2.05, 4.69) is 22.0 Å². The number of benzene rings is 2. The third-order valence-electron chi connectivity index (χ3n) is 6.63. The van der Waals surface area contributed by atoms with Gasteiger partial charge in [-0.1, -0.05) is 42.5 Å². The van der Waals surface area contributed by atoms with Gasteiger partial charge in [-0.05, 0) is 30.5 Å². The topological polar surface area (TPSA) is 58.8 Å². The first-order valence-corrected chi connectivity index (χ1v) is 10.4. The summed E-state index contributed by atoms with van der Waals surface area (Å²) < 4.78 is 12.3. The van der Waals surface area contributed by atoms with Gasteiger partial charge in [-0.2, -0.15) is 4.98 Å². The second-order valence-corrected chi connectivity index (χ2v) is 8.23. The molecule has 1 amide bonds. The van der Waals surface area contributed by atoms with Crippen LogP contribution in [0.3, 0.4) is 0 Å². The van der Waals surface area contributed by atoms with Gasteiger partial charge in [0.15, 0.2) is 11.2 Å². The van der Waals surface area contributed by atoms with Gasteiger partial charge in [0, 0.05) is 25.9 Å². The Bertz CT molecular complexity index is 1020. The van der Waals surface area contributed by atoms with Crippen LogP contribution < -0.4 is 4.90 Å². The number of rotatable bonds is 2. The minimum atomic E-state index is -0.694. The fourth-order valence-electron chi connectivity index (χ4n) is 5.10. The van der Waals surface area contributed by atoms with Crippen LogP contribution in [-0.4, -0.2) is 40.7 Å². The number of para-hydroxylation sites is 2. The van der Waals surface area contributed by atoms with Crippen LogP contribution in [0.1, 0.15) is 37.3 Å². The fourth-order valence-corrected chi connectivity index (χ4v) is 5.10. The molecule has 2 atom stereocenters. The molecule has 4 heterocycles. The Kier molecular flexibility index (Phi) is 3.71. The predicted molar refractivity (Wildman–Crippen MR) is 108 cm³/mol. The van der Waals surface area contributed by atoms with Crippen LogP contribution in [0.2, 0.25) is 0 Å². The first kappa shape index (κ1) is 17.0. The van der Waals surface area contributed by atoms with Gasteiger partial charge in [0.25, 0.3) is 11.9 Å². The molecule has 2 aromatic carbocycles. The van der Waals surface area contributed by atoms with Crippen molar-refractivity contribution in [1.82, 2.24) is 9.88 Å². The number of carbonyl (C=O) groups excluding carboxylic acids is 1. The highest BCUT2D eigenvalue weighted by molar-refractivity contribution is 5.88. The first-order chi connectivity index (χ1) is 14.2. The number of ether oxygens (including phenoxy) is 1. The predicted octanol–water partition coefficient (Wildman–Crippen LogP) is 3.89. The van der Waals surface area contributed by atoms with Crippen LogP contribution in [0, 0.1) is 0 Å². The lowest BCUT2D eigenvalue weighted by Crippen LogP contribution is -2.50. The zero-order valence-electron chi connectivity index (χ0n) is 16.2. The lowest BCUT2D eigenvalue weighted by atomic mass is 9.89. The molecule has 0 N–H and O–H groups in total. The normalized spacial score (nSPS) is 25.9. The number of nitrogens with zero attached hydrogens (tertiary/aromatic N) is 3. The van der Waals surface area contributed by atoms with Crippen LogP contribution in [0.25, 0.3) is 11.1 Å². The molecule has 1 spiro atoms. The van der Waals surface area contributed by atoms with Crippen LogP contribution in [0.4, 0.5) is 6.01 Å². The number of aromatic nitrogens is 1. The van der Waals surface area contributed by atoms with Gasteiger partial charge in [0.1, 0.15) is 11.7 Å². The maximum Gasteiger partial charge on any atom is 0.298 e. The summed E-state index contributed by atoms with van der Waals surface area (Å²) in [6.07, 6.45) is 3.11. The quantitative estimate of drug-likeness (QED) is 0.666. The van der Waals surface area contributed by atoms with Crippen molar-refractivity contribution >= 4 is 23.0 Å². The Morgan fingerprint density at radius 2 is 1.72 bits per heavy atom. The van der Waals surface area contributed by atoms with Gasteiger partial charge in [-0.15, -0.1) is 0 Å². The van der Waals surface area contributed by atoms with Crippen molar-refractivity contribution in [2.45, 2.75) is 43.6 Å². The summed E-state index contributed by atoms with van der Waals surface area (Å²) >= 11 is 0. The number of carbonyl (C=O) groups is 1. The highest BCUT2D eigenvalue weighted by atomic mass is 16.6. The first-order valence-electron chi connectivity index (χ1n) is 10.4. The number of fused-ring (bicyclic) bond motifs is 2. The number of amides is 1. The summed E-state index contributed by atoms with van der Waals surface area (Å²) in [5.41, 5.74) is 2.17. The minimum absolute atomic E-state index is 0.0939. The van der Waals surface area contributed by atoms with Crippen molar-refractivity contribution in [2.24, 2.45) is 0 Å². The minimum Gasteiger partial charge on any atom is -0.423 e. The zero-order chi connectivity index (χ0) is 19.4. The third-order valence-corrected chi connectivity index (χ3v) is 6.63. The van der Waals surface area contributed by atoms with Crippen LogP contribution in [0.15, 0.2) is 59.0 Å². The van der Waals surface area contributed by atoms with Crippen LogP contribution >= 0.6 is 0 Å². The lowest BCUT2D eigenvalue weighted by Gasteiger charge is -2.36. The van der Waals surface area contributed by atoms with Gasteiger partial charge in [0.2, 0.25) is 0 Å². The molecule has 6 heteroatoms. The van der Waals surface area contributed by atoms with E-state index >= 15 is 0 Å². The summed E-state index contributed by atoms with van der Waals surface area (Å²) in [6.45, 7) is 1.41. The standard InChI is InChI=1S/C23H23N3O3/c27-21-23(29-20-11-10-18(26(20)21)16-6-2-1-3-7-16)12-14-25(15-13-23)22-24-17-8-4-5-9-19(17)28-22/h1-9,18,20H,10-15H2. The molecule has 0 aliphatic carbocycles. The molecule has 0 saturated carbocycles. The van der Waals surface area contributed by atoms with E-state index in [1.165, 1.54) is 5.56 Å². The molecule has 6 rings (SSSR count). The largest absolute Gasteiger partial charge is 0.423 e. The number of hydrogen-bond acceptors (Lipinski definition) is 5. The van der Waals surface area contributed by atoms with Crippen molar-refractivity contribution in [2.75, 3.05) is 18.0 Å². The van der Waals surface area contributed by atoms with Gasteiger partial charge >= 0.3 is 0 Å². The molecule has 1 aromatic heterocycles. The fraction of sp³-hybridized carbons (Fsp3) is 0.391. The molecule has 3 saturated heterocycles. The van der Waals surface area contributed by atoms with E-state index < -0.39 is 5.60 Å². The molecule has 3 aromatic rings. The Hall–Kier alpha value is -2.86. The van der Waals surface area contributed by atoms with Crippen molar-refractivity contribution in [3.63, 3.8) is 0 Å². The van der Waals surface area contributed by atoms with Gasteiger partial charge in [-0.25, -0.2) is 0 Å². The summed E-state index contributed by atoms with van der Waals surface area (Å²) in [4.78, 5) is 22.2.